The molecule has 3 rings (SSSR count). The van der Waals surface area contributed by atoms with Crippen LogP contribution < -0.4 is 10.6 Å². The molecule has 0 radical (unpaired) electrons. The topological polar surface area (TPSA) is 41.1 Å². The molecule has 0 atom stereocenters. The Bertz CT molecular complexity index is 386. The second kappa shape index (κ2) is 4.18. The molecule has 0 bridgehead atoms. The van der Waals surface area contributed by atoms with Gasteiger partial charge in [0.2, 0.25) is 0 Å². The van der Waals surface area contributed by atoms with Crippen molar-refractivity contribution in [3.8, 4) is 0 Å². The summed E-state index contributed by atoms with van der Waals surface area (Å²) in [4.78, 5) is 14.3. The number of carbonyl (C=O) groups is 1. The minimum atomic E-state index is 0.117. The van der Waals surface area contributed by atoms with Crippen molar-refractivity contribution in [3.63, 3.8) is 0 Å². The Balaban J connectivity index is 1.72. The van der Waals surface area contributed by atoms with Gasteiger partial charge in [-0.15, -0.1) is 11.3 Å². The van der Waals surface area contributed by atoms with Crippen molar-refractivity contribution >= 4 is 17.2 Å². The number of amides is 1. The average Bonchev–Trinajstić information content (AvgIpc) is 2.66. The number of nitrogens with one attached hydrogen (secondary N) is 2. The zero-order valence-electron chi connectivity index (χ0n) is 9.21. The van der Waals surface area contributed by atoms with Crippen LogP contribution in [0.5, 0.6) is 0 Å². The lowest BCUT2D eigenvalue weighted by atomic mass is 9.99. The highest BCUT2D eigenvalue weighted by Crippen LogP contribution is 2.29. The molecule has 0 saturated carbocycles. The molecule has 1 saturated heterocycles. The van der Waals surface area contributed by atoms with Crippen LogP contribution in [0.3, 0.4) is 0 Å². The van der Waals surface area contributed by atoms with Gasteiger partial charge in [-0.3, -0.25) is 4.79 Å². The first-order valence-corrected chi connectivity index (χ1v) is 6.78. The smallest absolute Gasteiger partial charge is 0.261 e. The van der Waals surface area contributed by atoms with Gasteiger partial charge in [-0.05, 0) is 37.3 Å². The van der Waals surface area contributed by atoms with Crippen LogP contribution in [-0.4, -0.2) is 25.0 Å². The van der Waals surface area contributed by atoms with Crippen LogP contribution in [0.15, 0.2) is 6.07 Å². The Hall–Kier alpha value is -0.870. The van der Waals surface area contributed by atoms with E-state index in [1.165, 1.54) is 23.3 Å². The number of carbonyl (C=O) groups excluding carboxylic acids is 1. The molecule has 1 aliphatic carbocycles. The summed E-state index contributed by atoms with van der Waals surface area (Å²) in [6, 6.07) is 2.44. The summed E-state index contributed by atoms with van der Waals surface area (Å²) in [5.74, 6) is 0.117. The lowest BCUT2D eigenvalue weighted by molar-refractivity contribution is 0.0928. The SMILES string of the molecule is O=C(NC1CNC1)c1cc2c(s1)CCCC2. The van der Waals surface area contributed by atoms with E-state index in [9.17, 15) is 4.79 Å². The van der Waals surface area contributed by atoms with Crippen molar-refractivity contribution < 1.29 is 4.79 Å². The molecule has 0 unspecified atom stereocenters. The quantitative estimate of drug-likeness (QED) is 0.813. The molecule has 1 aromatic heterocycles. The van der Waals surface area contributed by atoms with Crippen molar-refractivity contribution in [1.29, 1.82) is 0 Å². The van der Waals surface area contributed by atoms with Crippen LogP contribution in [0.4, 0.5) is 0 Å². The van der Waals surface area contributed by atoms with Gasteiger partial charge in [0.25, 0.3) is 5.91 Å². The average molecular weight is 236 g/mol. The third-order valence-electron chi connectivity index (χ3n) is 3.34. The summed E-state index contributed by atoms with van der Waals surface area (Å²) >= 11 is 1.69. The molecule has 2 heterocycles. The molecule has 2 aliphatic rings. The number of hydrogen-bond donors (Lipinski definition) is 2. The molecule has 86 valence electrons. The standard InChI is InChI=1S/C12H16N2OS/c15-12(14-9-6-13-7-9)11-5-8-3-1-2-4-10(8)16-11/h5,9,13H,1-4,6-7H2,(H,14,15). The maximum atomic E-state index is 11.9. The van der Waals surface area contributed by atoms with Crippen molar-refractivity contribution in [3.05, 3.63) is 21.4 Å². The van der Waals surface area contributed by atoms with Crippen LogP contribution >= 0.6 is 11.3 Å². The van der Waals surface area contributed by atoms with Crippen LogP contribution in [0.1, 0.15) is 33.0 Å². The first-order valence-electron chi connectivity index (χ1n) is 5.96. The predicted molar refractivity (Wildman–Crippen MR) is 65.1 cm³/mol. The van der Waals surface area contributed by atoms with Gasteiger partial charge in [-0.1, -0.05) is 0 Å². The van der Waals surface area contributed by atoms with E-state index < -0.39 is 0 Å². The molecule has 1 amide bonds. The van der Waals surface area contributed by atoms with Gasteiger partial charge < -0.3 is 10.6 Å². The third kappa shape index (κ3) is 1.87. The monoisotopic (exact) mass is 236 g/mol. The Morgan fingerprint density at radius 1 is 1.38 bits per heavy atom. The van der Waals surface area contributed by atoms with E-state index in [1.54, 1.807) is 11.3 Å². The number of rotatable bonds is 2. The zero-order valence-corrected chi connectivity index (χ0v) is 10.0. The number of aryl methyl sites for hydroxylation is 2. The van der Waals surface area contributed by atoms with Crippen LogP contribution in [0, 0.1) is 0 Å². The zero-order chi connectivity index (χ0) is 11.0. The molecule has 1 aromatic rings. The van der Waals surface area contributed by atoms with Crippen LogP contribution in [0.2, 0.25) is 0 Å². The van der Waals surface area contributed by atoms with Crippen LogP contribution in [-0.2, 0) is 12.8 Å². The molecule has 16 heavy (non-hydrogen) atoms. The van der Waals surface area contributed by atoms with Crippen molar-refractivity contribution in [2.75, 3.05) is 13.1 Å². The van der Waals surface area contributed by atoms with Gasteiger partial charge in [0.1, 0.15) is 0 Å². The van der Waals surface area contributed by atoms with Crippen molar-refractivity contribution in [1.82, 2.24) is 10.6 Å². The fraction of sp³-hybridized carbons (Fsp3) is 0.583. The van der Waals surface area contributed by atoms with E-state index in [0.717, 1.165) is 30.8 Å². The van der Waals surface area contributed by atoms with Gasteiger partial charge in [-0.25, -0.2) is 0 Å². The Morgan fingerprint density at radius 3 is 2.88 bits per heavy atom. The maximum absolute atomic E-state index is 11.9. The predicted octanol–water partition coefficient (Wildman–Crippen LogP) is 1.33. The summed E-state index contributed by atoms with van der Waals surface area (Å²) in [6.07, 6.45) is 4.88. The number of thiophene rings is 1. The van der Waals surface area contributed by atoms with E-state index in [2.05, 4.69) is 16.7 Å². The minimum absolute atomic E-state index is 0.117. The van der Waals surface area contributed by atoms with Gasteiger partial charge >= 0.3 is 0 Å². The van der Waals surface area contributed by atoms with Crippen molar-refractivity contribution in [2.45, 2.75) is 31.7 Å². The summed E-state index contributed by atoms with van der Waals surface area (Å²) in [7, 11) is 0. The second-order valence-electron chi connectivity index (χ2n) is 4.59. The number of fused-ring (bicyclic) bond motifs is 1. The van der Waals surface area contributed by atoms with Gasteiger partial charge in [0, 0.05) is 18.0 Å². The first kappa shape index (κ1) is 10.3. The van der Waals surface area contributed by atoms with E-state index in [1.807, 2.05) is 0 Å². The van der Waals surface area contributed by atoms with Crippen LogP contribution in [0.25, 0.3) is 0 Å². The van der Waals surface area contributed by atoms with E-state index >= 15 is 0 Å². The highest BCUT2D eigenvalue weighted by Gasteiger charge is 2.22. The van der Waals surface area contributed by atoms with E-state index in [0.29, 0.717) is 6.04 Å². The molecule has 0 aromatic carbocycles. The molecule has 2 N–H and O–H groups in total. The Labute approximate surface area is 99.2 Å². The normalized spacial score (nSPS) is 20.0. The Morgan fingerprint density at radius 2 is 2.19 bits per heavy atom. The highest BCUT2D eigenvalue weighted by molar-refractivity contribution is 7.14. The Kier molecular flexibility index (Phi) is 2.69. The maximum Gasteiger partial charge on any atom is 0.261 e. The minimum Gasteiger partial charge on any atom is -0.346 e. The second-order valence-corrected chi connectivity index (χ2v) is 5.73. The van der Waals surface area contributed by atoms with Gasteiger partial charge in [0.15, 0.2) is 0 Å². The summed E-state index contributed by atoms with van der Waals surface area (Å²) in [5.41, 5.74) is 1.41. The molecule has 3 nitrogen and oxygen atoms in total. The molecular weight excluding hydrogens is 220 g/mol. The molecule has 1 aliphatic heterocycles. The van der Waals surface area contributed by atoms with Gasteiger partial charge in [0.05, 0.1) is 10.9 Å². The number of hydrogen-bond acceptors (Lipinski definition) is 3. The van der Waals surface area contributed by atoms with E-state index in [4.69, 9.17) is 0 Å². The third-order valence-corrected chi connectivity index (χ3v) is 4.57. The first-order chi connectivity index (χ1) is 7.83. The van der Waals surface area contributed by atoms with E-state index in [-0.39, 0.29) is 5.91 Å². The summed E-state index contributed by atoms with van der Waals surface area (Å²) in [6.45, 7) is 1.83. The lowest BCUT2D eigenvalue weighted by Gasteiger charge is -2.27. The van der Waals surface area contributed by atoms with Crippen molar-refractivity contribution in [2.24, 2.45) is 0 Å². The molecule has 0 spiro atoms. The molecule has 1 fully saturated rings. The fourth-order valence-corrected chi connectivity index (χ4v) is 3.41. The fourth-order valence-electron chi connectivity index (χ4n) is 2.25. The lowest BCUT2D eigenvalue weighted by Crippen LogP contribution is -2.56. The summed E-state index contributed by atoms with van der Waals surface area (Å²) < 4.78 is 0. The highest BCUT2D eigenvalue weighted by atomic mass is 32.1. The molecule has 4 heteroatoms. The molecular formula is C12H16N2OS. The van der Waals surface area contributed by atoms with Gasteiger partial charge in [-0.2, -0.15) is 0 Å². The summed E-state index contributed by atoms with van der Waals surface area (Å²) in [5, 5.41) is 6.21. The largest absolute Gasteiger partial charge is 0.346 e.